The first-order valence-electron chi connectivity index (χ1n) is 18.4. The van der Waals surface area contributed by atoms with Gasteiger partial charge in [0.1, 0.15) is 11.2 Å². The highest BCUT2D eigenvalue weighted by Crippen LogP contribution is 2.35. The predicted octanol–water partition coefficient (Wildman–Crippen LogP) is 8.67. The van der Waals surface area contributed by atoms with Gasteiger partial charge in [0.2, 0.25) is 11.9 Å². The summed E-state index contributed by atoms with van der Waals surface area (Å²) < 4.78 is 39.9. The summed E-state index contributed by atoms with van der Waals surface area (Å²) in [6, 6.07) is 17.8. The third kappa shape index (κ3) is 11.4. The monoisotopic (exact) mass is 743 g/mol. The van der Waals surface area contributed by atoms with Crippen LogP contribution in [0.1, 0.15) is 84.5 Å². The molecule has 0 spiro atoms. The molecule has 1 aromatic carbocycles. The number of ether oxygens (including phenoxy) is 2. The maximum Gasteiger partial charge on any atom is 0.410 e. The van der Waals surface area contributed by atoms with Crippen LogP contribution in [0.4, 0.5) is 18.4 Å². The van der Waals surface area contributed by atoms with Crippen LogP contribution in [0, 0.1) is 18.8 Å². The van der Waals surface area contributed by atoms with Crippen molar-refractivity contribution >= 4 is 18.4 Å². The second-order valence-corrected chi connectivity index (χ2v) is 15.6. The summed E-state index contributed by atoms with van der Waals surface area (Å²) in [5.41, 5.74) is 3.76. The lowest BCUT2D eigenvalue weighted by Crippen LogP contribution is -2.42. The Balaban J connectivity index is 0.000000223. The number of aryl methyl sites for hydroxylation is 1. The van der Waals surface area contributed by atoms with E-state index in [2.05, 4.69) is 19.5 Å². The Bertz CT molecular complexity index is 1900. The van der Waals surface area contributed by atoms with Crippen molar-refractivity contribution in [3.8, 4) is 22.6 Å². The normalized spacial score (nSPS) is 15.9. The summed E-state index contributed by atoms with van der Waals surface area (Å²) in [6.45, 7) is 15.6. The van der Waals surface area contributed by atoms with Crippen LogP contribution in [0.2, 0.25) is 0 Å². The zero-order chi connectivity index (χ0) is 39.0. The summed E-state index contributed by atoms with van der Waals surface area (Å²) in [5.74, 6) is -1.03. The Morgan fingerprint density at radius 1 is 0.759 bits per heavy atom. The number of aliphatic imine (C=N–C) groups is 1. The molecular formula is C41H51F2N7O4. The third-order valence-electron chi connectivity index (χ3n) is 8.86. The van der Waals surface area contributed by atoms with Crippen molar-refractivity contribution in [3.63, 3.8) is 0 Å². The van der Waals surface area contributed by atoms with Crippen LogP contribution in [0.3, 0.4) is 0 Å². The minimum Gasteiger partial charge on any atom is -0.444 e. The predicted molar refractivity (Wildman–Crippen MR) is 204 cm³/mol. The summed E-state index contributed by atoms with van der Waals surface area (Å²) >= 11 is 0. The number of amides is 2. The van der Waals surface area contributed by atoms with E-state index >= 15 is 0 Å². The van der Waals surface area contributed by atoms with E-state index in [1.807, 2.05) is 85.1 Å². The molecule has 0 saturated carbocycles. The van der Waals surface area contributed by atoms with Gasteiger partial charge in [0.05, 0.1) is 35.1 Å². The molecule has 2 saturated heterocycles. The molecule has 288 valence electrons. The SMILES string of the molecule is CC(C)(C)OC(=O)N1CCC(N=Cc2cccc(F)n2)CC1.Cc1ccc(-c2ncn(C3CCN(C(=O)OC(C)(C)C)CC3)c2-c2cccc(F)n2)cc1. The van der Waals surface area contributed by atoms with Crippen LogP contribution < -0.4 is 0 Å². The van der Waals surface area contributed by atoms with Crippen molar-refractivity contribution in [2.75, 3.05) is 26.2 Å². The standard InChI is InChI=1S/C25H29FN4O2.C16H22FN3O2/c1-17-8-10-18(11-9-17)22-23(20-6-5-7-21(26)28-20)30(16-27-22)19-12-14-29(15-13-19)24(31)32-25(2,3)4;1-16(2,3)22-15(21)20-9-7-12(8-10-20)18-11-13-5-4-6-14(17)19-13/h5-11,16,19H,12-15H2,1-4H3;4-6,11-12H,7-10H2,1-3H3. The Morgan fingerprint density at radius 2 is 1.30 bits per heavy atom. The highest BCUT2D eigenvalue weighted by atomic mass is 19.1. The van der Waals surface area contributed by atoms with Gasteiger partial charge in [-0.25, -0.2) is 24.5 Å². The minimum absolute atomic E-state index is 0.125. The smallest absolute Gasteiger partial charge is 0.410 e. The molecule has 2 aliphatic heterocycles. The number of carbonyl (C=O) groups excluding carboxylic acids is 2. The number of pyridine rings is 2. The van der Waals surface area contributed by atoms with Gasteiger partial charge in [0, 0.05) is 44.0 Å². The second kappa shape index (κ2) is 17.3. The number of piperidine rings is 2. The lowest BCUT2D eigenvalue weighted by molar-refractivity contribution is 0.0184. The molecule has 2 fully saturated rings. The van der Waals surface area contributed by atoms with Gasteiger partial charge < -0.3 is 23.8 Å². The zero-order valence-electron chi connectivity index (χ0n) is 32.3. The van der Waals surface area contributed by atoms with E-state index in [1.54, 1.807) is 34.2 Å². The van der Waals surface area contributed by atoms with E-state index < -0.39 is 23.1 Å². The lowest BCUT2D eigenvalue weighted by atomic mass is 10.0. The van der Waals surface area contributed by atoms with E-state index in [4.69, 9.17) is 14.5 Å². The molecule has 0 radical (unpaired) electrons. The van der Waals surface area contributed by atoms with Gasteiger partial charge in [-0.3, -0.25) is 4.99 Å². The van der Waals surface area contributed by atoms with Crippen molar-refractivity contribution < 1.29 is 27.8 Å². The van der Waals surface area contributed by atoms with Gasteiger partial charge in [-0.2, -0.15) is 8.78 Å². The molecule has 0 atom stereocenters. The molecule has 54 heavy (non-hydrogen) atoms. The van der Waals surface area contributed by atoms with Crippen LogP contribution in [0.5, 0.6) is 0 Å². The number of carbonyl (C=O) groups is 2. The number of nitrogens with zero attached hydrogens (tertiary/aromatic N) is 7. The zero-order valence-corrected chi connectivity index (χ0v) is 32.3. The van der Waals surface area contributed by atoms with Gasteiger partial charge in [0.15, 0.2) is 0 Å². The Hall–Kier alpha value is -5.20. The number of benzene rings is 1. The first kappa shape index (κ1) is 40.0. The quantitative estimate of drug-likeness (QED) is 0.148. The topological polar surface area (TPSA) is 115 Å². The first-order chi connectivity index (χ1) is 25.5. The molecule has 0 N–H and O–H groups in total. The molecule has 2 amide bonds. The average molecular weight is 744 g/mol. The van der Waals surface area contributed by atoms with Crippen molar-refractivity contribution in [1.29, 1.82) is 0 Å². The van der Waals surface area contributed by atoms with E-state index in [-0.39, 0.29) is 24.3 Å². The van der Waals surface area contributed by atoms with Crippen molar-refractivity contribution in [2.24, 2.45) is 4.99 Å². The molecular weight excluding hydrogens is 692 g/mol. The van der Waals surface area contributed by atoms with E-state index in [0.717, 1.165) is 48.2 Å². The average Bonchev–Trinajstić information content (AvgIpc) is 3.56. The van der Waals surface area contributed by atoms with Crippen molar-refractivity contribution in [2.45, 2.75) is 97.4 Å². The third-order valence-corrected chi connectivity index (χ3v) is 8.86. The van der Waals surface area contributed by atoms with Gasteiger partial charge in [-0.15, -0.1) is 0 Å². The highest BCUT2D eigenvalue weighted by molar-refractivity contribution is 5.78. The number of likely N-dealkylation sites (tertiary alicyclic amines) is 2. The van der Waals surface area contributed by atoms with Crippen molar-refractivity contribution in [3.05, 3.63) is 90.1 Å². The second-order valence-electron chi connectivity index (χ2n) is 15.6. The Labute approximate surface area is 316 Å². The lowest BCUT2D eigenvalue weighted by Gasteiger charge is -2.34. The maximum atomic E-state index is 14.0. The van der Waals surface area contributed by atoms with Gasteiger partial charge >= 0.3 is 12.2 Å². The molecule has 13 heteroatoms. The fraction of sp³-hybridized carbons (Fsp3) is 0.463. The van der Waals surface area contributed by atoms with Gasteiger partial charge in [-0.1, -0.05) is 42.0 Å². The van der Waals surface area contributed by atoms with Gasteiger partial charge in [0.25, 0.3) is 0 Å². The van der Waals surface area contributed by atoms with Crippen LogP contribution >= 0.6 is 0 Å². The molecule has 3 aromatic heterocycles. The largest absolute Gasteiger partial charge is 0.444 e. The van der Waals surface area contributed by atoms with Crippen LogP contribution in [0.25, 0.3) is 22.6 Å². The van der Waals surface area contributed by atoms with E-state index in [0.29, 0.717) is 37.6 Å². The van der Waals surface area contributed by atoms with Crippen LogP contribution in [-0.4, -0.2) is 91.1 Å². The Morgan fingerprint density at radius 3 is 1.83 bits per heavy atom. The van der Waals surface area contributed by atoms with Gasteiger partial charge in [-0.05, 0) is 98.4 Å². The fourth-order valence-electron chi connectivity index (χ4n) is 6.21. The van der Waals surface area contributed by atoms with Crippen molar-refractivity contribution in [1.82, 2.24) is 29.3 Å². The summed E-state index contributed by atoms with van der Waals surface area (Å²) in [5, 5.41) is 0. The number of imidazole rings is 1. The number of aromatic nitrogens is 4. The molecule has 2 aliphatic rings. The molecule has 11 nitrogen and oxygen atoms in total. The number of halogens is 2. The summed E-state index contributed by atoms with van der Waals surface area (Å²) in [4.78, 5) is 44.9. The summed E-state index contributed by atoms with van der Waals surface area (Å²) in [6.07, 6.45) is 5.89. The van der Waals surface area contributed by atoms with E-state index in [1.165, 1.54) is 12.1 Å². The molecule has 4 aromatic rings. The minimum atomic E-state index is -0.523. The first-order valence-corrected chi connectivity index (χ1v) is 18.4. The molecule has 0 unspecified atom stereocenters. The van der Waals surface area contributed by atoms with Crippen LogP contribution in [-0.2, 0) is 9.47 Å². The molecule has 6 rings (SSSR count). The molecule has 0 bridgehead atoms. The van der Waals surface area contributed by atoms with E-state index in [9.17, 15) is 18.4 Å². The maximum absolute atomic E-state index is 14.0. The number of rotatable bonds is 5. The fourth-order valence-corrected chi connectivity index (χ4v) is 6.21. The molecule has 5 heterocycles. The number of hydrogen-bond donors (Lipinski definition) is 0. The highest BCUT2D eigenvalue weighted by Gasteiger charge is 2.30. The van der Waals surface area contributed by atoms with Crippen LogP contribution in [0.15, 0.2) is 72.0 Å². The number of hydrogen-bond acceptors (Lipinski definition) is 8. The molecule has 0 aliphatic carbocycles. The Kier molecular flexibility index (Phi) is 12.8. The summed E-state index contributed by atoms with van der Waals surface area (Å²) in [7, 11) is 0.